The summed E-state index contributed by atoms with van der Waals surface area (Å²) in [5.41, 5.74) is -0.339. The van der Waals surface area contributed by atoms with Gasteiger partial charge in [0.25, 0.3) is 22.2 Å². The minimum Gasteiger partial charge on any atom is -0.354 e. The average molecular weight is 319 g/mol. The normalized spacial score (nSPS) is 12.2. The van der Waals surface area contributed by atoms with Crippen LogP contribution in [-0.2, 0) is 0 Å². The van der Waals surface area contributed by atoms with Crippen LogP contribution in [0.25, 0.3) is 43.4 Å². The van der Waals surface area contributed by atoms with Gasteiger partial charge in [0.1, 0.15) is 0 Å². The summed E-state index contributed by atoms with van der Waals surface area (Å²) >= 11 is 0. The molecule has 0 saturated carbocycles. The fourth-order valence-corrected chi connectivity index (χ4v) is 3.68. The van der Waals surface area contributed by atoms with Crippen molar-refractivity contribution >= 4 is 43.4 Å². The minimum absolute atomic E-state index is 0.0201. The first-order valence-corrected chi connectivity index (χ1v) is 7.31. The molecule has 0 saturated heterocycles. The van der Waals surface area contributed by atoms with Crippen molar-refractivity contribution in [1.82, 2.24) is 15.0 Å². The molecule has 7 nitrogen and oxygen atoms in total. The van der Waals surface area contributed by atoms with Crippen LogP contribution in [0.5, 0.6) is 0 Å². The molecule has 0 fully saturated rings. The Hall–Kier alpha value is -3.48. The number of hydrogen-bond acceptors (Lipinski definition) is 4. The molecule has 0 atom stereocenters. The topological polar surface area (TPSA) is 116 Å². The van der Waals surface area contributed by atoms with Crippen LogP contribution in [0.15, 0.2) is 37.4 Å². The smallest absolute Gasteiger partial charge is 0.261 e. The number of rotatable bonds is 0. The van der Waals surface area contributed by atoms with Crippen LogP contribution < -0.4 is 22.2 Å². The number of benzene rings is 2. The molecule has 0 spiro atoms. The molecule has 0 radical (unpaired) electrons. The first kappa shape index (κ1) is 13.0. The number of aromatic nitrogens is 3. The van der Waals surface area contributed by atoms with Crippen molar-refractivity contribution in [3.63, 3.8) is 0 Å². The molecule has 5 rings (SSSR count). The minimum atomic E-state index is -0.659. The summed E-state index contributed by atoms with van der Waals surface area (Å²) in [5.74, 6) is 0. The number of H-pyrrole nitrogens is 3. The van der Waals surface area contributed by atoms with E-state index >= 15 is 0 Å². The quantitative estimate of drug-likeness (QED) is 0.393. The Morgan fingerprint density at radius 1 is 0.625 bits per heavy atom. The van der Waals surface area contributed by atoms with Gasteiger partial charge in [-0.15, -0.1) is 0 Å². The lowest BCUT2D eigenvalue weighted by Crippen LogP contribution is -2.08. The molecule has 0 aliphatic heterocycles. The molecule has 0 aliphatic rings. The van der Waals surface area contributed by atoms with Crippen LogP contribution in [0.1, 0.15) is 5.56 Å². The molecule has 0 aliphatic carbocycles. The zero-order chi connectivity index (χ0) is 16.7. The van der Waals surface area contributed by atoms with E-state index in [1.54, 1.807) is 0 Å². The van der Waals surface area contributed by atoms with E-state index in [2.05, 4.69) is 15.0 Å². The molecule has 7 heteroatoms. The number of aromatic amines is 3. The van der Waals surface area contributed by atoms with Gasteiger partial charge in [0.15, 0.2) is 0 Å². The van der Waals surface area contributed by atoms with Gasteiger partial charge in [-0.1, -0.05) is 18.2 Å². The molecule has 5 aromatic rings. The molecule has 2 aromatic carbocycles. The monoisotopic (exact) mass is 319 g/mol. The summed E-state index contributed by atoms with van der Waals surface area (Å²) in [6.45, 7) is 1.90. The Kier molecular flexibility index (Phi) is 2.10. The second-order valence-corrected chi connectivity index (χ2v) is 5.94. The van der Waals surface area contributed by atoms with Gasteiger partial charge < -0.3 is 4.98 Å². The van der Waals surface area contributed by atoms with Crippen molar-refractivity contribution in [2.75, 3.05) is 0 Å². The predicted octanol–water partition coefficient (Wildman–Crippen LogP) is 0.909. The Morgan fingerprint density at radius 3 is 1.83 bits per heavy atom. The zero-order valence-electron chi connectivity index (χ0n) is 12.4. The molecule has 0 amide bonds. The van der Waals surface area contributed by atoms with E-state index in [1.165, 1.54) is 0 Å². The summed E-state index contributed by atoms with van der Waals surface area (Å²) in [5, 5.41) is 1.45. The maximum absolute atomic E-state index is 12.3. The highest BCUT2D eigenvalue weighted by atomic mass is 16.2. The van der Waals surface area contributed by atoms with Crippen molar-refractivity contribution in [3.05, 3.63) is 65.2 Å². The highest BCUT2D eigenvalue weighted by Crippen LogP contribution is 2.35. The molecule has 3 N–H and O–H groups in total. The van der Waals surface area contributed by atoms with Gasteiger partial charge in [-0.3, -0.25) is 29.1 Å². The van der Waals surface area contributed by atoms with Gasteiger partial charge in [0.05, 0.1) is 27.1 Å². The van der Waals surface area contributed by atoms with Crippen molar-refractivity contribution in [2.45, 2.75) is 6.92 Å². The first-order chi connectivity index (χ1) is 11.5. The molecular formula is C17H9N3O4. The Labute approximate surface area is 131 Å². The third-order valence-electron chi connectivity index (χ3n) is 4.65. The number of aryl methyl sites for hydroxylation is 1. The maximum atomic E-state index is 12.3. The van der Waals surface area contributed by atoms with Gasteiger partial charge in [-0.25, -0.2) is 0 Å². The highest BCUT2D eigenvalue weighted by Gasteiger charge is 2.23. The number of hydrogen-bond donors (Lipinski definition) is 3. The second-order valence-electron chi connectivity index (χ2n) is 5.94. The van der Waals surface area contributed by atoms with Crippen molar-refractivity contribution < 1.29 is 0 Å². The van der Waals surface area contributed by atoms with Crippen LogP contribution in [0.4, 0.5) is 0 Å². The predicted molar refractivity (Wildman–Crippen MR) is 91.7 cm³/mol. The summed E-state index contributed by atoms with van der Waals surface area (Å²) in [6.07, 6.45) is 0. The van der Waals surface area contributed by atoms with E-state index in [0.29, 0.717) is 10.9 Å². The molecular weight excluding hydrogens is 310 g/mol. The van der Waals surface area contributed by atoms with Gasteiger partial charge in [-0.05, 0) is 12.5 Å². The van der Waals surface area contributed by atoms with E-state index in [0.717, 1.165) is 16.5 Å². The second kappa shape index (κ2) is 3.88. The zero-order valence-corrected chi connectivity index (χ0v) is 12.4. The first-order valence-electron chi connectivity index (χ1n) is 7.31. The molecule has 0 bridgehead atoms. The third-order valence-corrected chi connectivity index (χ3v) is 4.65. The Bertz CT molecular complexity index is 1540. The van der Waals surface area contributed by atoms with Gasteiger partial charge in [0, 0.05) is 16.3 Å². The fraction of sp³-hybridized carbons (Fsp3) is 0.0588. The van der Waals surface area contributed by atoms with Crippen LogP contribution in [0, 0.1) is 6.92 Å². The standard InChI is InChI=1S/C17H9N3O4/c1-5-3-2-4-6-7-8-9(15(22)19-14(8)21)10-11(13(7)18-12(5)6)17(24)20-16(10)23/h2-4,18H,1H3,(H,19,21,22)(H,20,23,24). The third kappa shape index (κ3) is 1.28. The summed E-state index contributed by atoms with van der Waals surface area (Å²) < 4.78 is 0. The van der Waals surface area contributed by atoms with Crippen LogP contribution >= 0.6 is 0 Å². The fourth-order valence-electron chi connectivity index (χ4n) is 3.68. The van der Waals surface area contributed by atoms with Crippen LogP contribution in [0.3, 0.4) is 0 Å². The summed E-state index contributed by atoms with van der Waals surface area (Å²) in [4.78, 5) is 56.6. The lowest BCUT2D eigenvalue weighted by atomic mass is 10.0. The van der Waals surface area contributed by atoms with Crippen molar-refractivity contribution in [1.29, 1.82) is 0 Å². The van der Waals surface area contributed by atoms with E-state index in [4.69, 9.17) is 0 Å². The van der Waals surface area contributed by atoms with Gasteiger partial charge in [0.2, 0.25) is 0 Å². The van der Waals surface area contributed by atoms with E-state index < -0.39 is 22.2 Å². The lowest BCUT2D eigenvalue weighted by Gasteiger charge is -1.96. The largest absolute Gasteiger partial charge is 0.354 e. The average Bonchev–Trinajstić information content (AvgIpc) is 3.13. The SMILES string of the molecule is Cc1cccc2c1[nH]c1c3c(=O)[nH]c(=O)c3c3c(=O)[nH]c(=O)c3c21. The Morgan fingerprint density at radius 2 is 1.17 bits per heavy atom. The molecule has 3 heterocycles. The van der Waals surface area contributed by atoms with Crippen LogP contribution in [0.2, 0.25) is 0 Å². The Balaban J connectivity index is 2.39. The number of fused-ring (bicyclic) bond motifs is 8. The molecule has 3 aromatic heterocycles. The van der Waals surface area contributed by atoms with Gasteiger partial charge in [-0.2, -0.15) is 0 Å². The highest BCUT2D eigenvalue weighted by molar-refractivity contribution is 6.31. The van der Waals surface area contributed by atoms with E-state index in [-0.39, 0.29) is 21.5 Å². The van der Waals surface area contributed by atoms with Crippen molar-refractivity contribution in [2.24, 2.45) is 0 Å². The van der Waals surface area contributed by atoms with Crippen molar-refractivity contribution in [3.8, 4) is 0 Å². The molecule has 24 heavy (non-hydrogen) atoms. The van der Waals surface area contributed by atoms with E-state index in [9.17, 15) is 19.2 Å². The van der Waals surface area contributed by atoms with Gasteiger partial charge >= 0.3 is 0 Å². The van der Waals surface area contributed by atoms with E-state index in [1.807, 2.05) is 25.1 Å². The molecule has 0 unspecified atom stereocenters. The van der Waals surface area contributed by atoms with Crippen LogP contribution in [-0.4, -0.2) is 15.0 Å². The summed E-state index contributed by atoms with van der Waals surface area (Å²) in [6, 6.07) is 5.55. The lowest BCUT2D eigenvalue weighted by molar-refractivity contribution is 1.26. The maximum Gasteiger partial charge on any atom is 0.261 e. The number of nitrogens with one attached hydrogen (secondary N) is 3. The molecule has 116 valence electrons. The summed E-state index contributed by atoms with van der Waals surface area (Å²) in [7, 11) is 0. The number of para-hydroxylation sites is 1.